The summed E-state index contributed by atoms with van der Waals surface area (Å²) in [6.07, 6.45) is 3.10. The molecule has 3 aromatic rings. The van der Waals surface area contributed by atoms with Gasteiger partial charge in [0, 0.05) is 33.3 Å². The number of benzene rings is 2. The maximum atomic E-state index is 4.57. The lowest BCUT2D eigenvalue weighted by atomic mass is 10.1. The number of nitrogens with one attached hydrogen (secondary N) is 1. The molecule has 4 nitrogen and oxygen atoms in total. The molecule has 0 atom stereocenters. The Morgan fingerprint density at radius 1 is 0.958 bits per heavy atom. The summed E-state index contributed by atoms with van der Waals surface area (Å²) >= 11 is 0. The van der Waals surface area contributed by atoms with Gasteiger partial charge in [-0.2, -0.15) is 0 Å². The standard InChI is InChI=1S/C20H22N4.H2/c1-3-7-17(8-4-1)11-12-23-13-14-24-19(16-23)15-21-20(24)22-18-9-5-2-6-10-18;/h1-10,15H,11-14,16H2,(H,21,22);1H. The van der Waals surface area contributed by atoms with Crippen LogP contribution in [0.1, 0.15) is 12.7 Å². The number of aromatic nitrogens is 2. The number of hydrogen-bond donors (Lipinski definition) is 1. The Morgan fingerprint density at radius 2 is 1.71 bits per heavy atom. The zero-order valence-electron chi connectivity index (χ0n) is 13.7. The summed E-state index contributed by atoms with van der Waals surface area (Å²) in [6, 6.07) is 20.9. The van der Waals surface area contributed by atoms with E-state index in [1.54, 1.807) is 0 Å². The first-order chi connectivity index (χ1) is 11.9. The lowest BCUT2D eigenvalue weighted by Crippen LogP contribution is -2.35. The fourth-order valence-corrected chi connectivity index (χ4v) is 3.21. The van der Waals surface area contributed by atoms with Crippen LogP contribution in [0.15, 0.2) is 66.9 Å². The minimum atomic E-state index is 0. The van der Waals surface area contributed by atoms with E-state index < -0.39 is 0 Å². The van der Waals surface area contributed by atoms with Crippen molar-refractivity contribution in [1.82, 2.24) is 14.5 Å². The highest BCUT2D eigenvalue weighted by atomic mass is 15.3. The molecule has 1 N–H and O–H groups in total. The summed E-state index contributed by atoms with van der Waals surface area (Å²) in [5.74, 6) is 0.943. The first kappa shape index (κ1) is 15.0. The first-order valence-corrected chi connectivity index (χ1v) is 8.51. The van der Waals surface area contributed by atoms with Crippen LogP contribution in [-0.4, -0.2) is 27.5 Å². The minimum Gasteiger partial charge on any atom is -0.326 e. The Morgan fingerprint density at radius 3 is 2.50 bits per heavy atom. The van der Waals surface area contributed by atoms with E-state index in [-0.39, 0.29) is 1.43 Å². The zero-order valence-corrected chi connectivity index (χ0v) is 13.7. The molecule has 4 rings (SSSR count). The molecule has 2 heterocycles. The van der Waals surface area contributed by atoms with Crippen LogP contribution in [0.5, 0.6) is 0 Å². The smallest absolute Gasteiger partial charge is 0.207 e. The number of para-hydroxylation sites is 1. The number of hydrogen-bond acceptors (Lipinski definition) is 3. The summed E-state index contributed by atoms with van der Waals surface area (Å²) in [6.45, 7) is 4.12. The molecule has 0 radical (unpaired) electrons. The minimum absolute atomic E-state index is 0. The lowest BCUT2D eigenvalue weighted by Gasteiger charge is -2.28. The first-order valence-electron chi connectivity index (χ1n) is 8.51. The van der Waals surface area contributed by atoms with E-state index in [0.717, 1.165) is 44.2 Å². The normalized spacial score (nSPS) is 14.3. The van der Waals surface area contributed by atoms with E-state index >= 15 is 0 Å². The van der Waals surface area contributed by atoms with Gasteiger partial charge in [0.2, 0.25) is 5.95 Å². The monoisotopic (exact) mass is 320 g/mol. The van der Waals surface area contributed by atoms with E-state index in [0.29, 0.717) is 0 Å². The molecule has 0 saturated carbocycles. The number of imidazole rings is 1. The molecule has 0 bridgehead atoms. The summed E-state index contributed by atoms with van der Waals surface area (Å²) in [5.41, 5.74) is 3.77. The maximum Gasteiger partial charge on any atom is 0.207 e. The third-order valence-corrected chi connectivity index (χ3v) is 4.55. The molecule has 1 aromatic heterocycles. The molecule has 0 aliphatic carbocycles. The van der Waals surface area contributed by atoms with Crippen molar-refractivity contribution >= 4 is 11.6 Å². The van der Waals surface area contributed by atoms with Gasteiger partial charge in [-0.05, 0) is 24.1 Å². The predicted molar refractivity (Wildman–Crippen MR) is 99.5 cm³/mol. The zero-order chi connectivity index (χ0) is 16.2. The van der Waals surface area contributed by atoms with Crippen LogP contribution in [0.3, 0.4) is 0 Å². The molecule has 124 valence electrons. The van der Waals surface area contributed by atoms with Crippen molar-refractivity contribution in [3.05, 3.63) is 78.1 Å². The second kappa shape index (κ2) is 6.89. The van der Waals surface area contributed by atoms with Gasteiger partial charge >= 0.3 is 0 Å². The Balaban J connectivity index is 0.00000182. The van der Waals surface area contributed by atoms with Crippen molar-refractivity contribution in [3.63, 3.8) is 0 Å². The third kappa shape index (κ3) is 3.34. The fraction of sp³-hybridized carbons (Fsp3) is 0.250. The highest BCUT2D eigenvalue weighted by Gasteiger charge is 2.19. The molecular formula is C20H24N4. The van der Waals surface area contributed by atoms with Crippen LogP contribution >= 0.6 is 0 Å². The van der Waals surface area contributed by atoms with Crippen molar-refractivity contribution in [3.8, 4) is 0 Å². The number of fused-ring (bicyclic) bond motifs is 1. The summed E-state index contributed by atoms with van der Waals surface area (Å²) in [4.78, 5) is 7.08. The summed E-state index contributed by atoms with van der Waals surface area (Å²) in [7, 11) is 0. The highest BCUT2D eigenvalue weighted by Crippen LogP contribution is 2.21. The van der Waals surface area contributed by atoms with Gasteiger partial charge < -0.3 is 9.88 Å². The number of nitrogens with zero attached hydrogens (tertiary/aromatic N) is 3. The Hall–Kier alpha value is -2.59. The topological polar surface area (TPSA) is 33.1 Å². The van der Waals surface area contributed by atoms with Crippen LogP contribution < -0.4 is 5.32 Å². The average Bonchev–Trinajstić information content (AvgIpc) is 3.04. The van der Waals surface area contributed by atoms with Crippen molar-refractivity contribution in [2.45, 2.75) is 19.5 Å². The molecule has 0 fully saturated rings. The van der Waals surface area contributed by atoms with E-state index in [1.165, 1.54) is 11.3 Å². The van der Waals surface area contributed by atoms with Gasteiger partial charge in [0.05, 0.1) is 11.9 Å². The van der Waals surface area contributed by atoms with Gasteiger partial charge in [0.15, 0.2) is 0 Å². The van der Waals surface area contributed by atoms with E-state index in [1.807, 2.05) is 24.4 Å². The largest absolute Gasteiger partial charge is 0.326 e. The quantitative estimate of drug-likeness (QED) is 0.773. The van der Waals surface area contributed by atoms with E-state index in [9.17, 15) is 0 Å². The molecular weight excluding hydrogens is 296 g/mol. The Kier molecular flexibility index (Phi) is 4.30. The van der Waals surface area contributed by atoms with Crippen molar-refractivity contribution in [1.29, 1.82) is 0 Å². The third-order valence-electron chi connectivity index (χ3n) is 4.55. The van der Waals surface area contributed by atoms with Gasteiger partial charge in [-0.15, -0.1) is 0 Å². The Bertz CT molecular complexity index is 786. The molecule has 0 amide bonds. The number of anilines is 2. The van der Waals surface area contributed by atoms with E-state index in [2.05, 4.69) is 62.2 Å². The predicted octanol–water partition coefficient (Wildman–Crippen LogP) is 3.93. The molecule has 0 saturated heterocycles. The molecule has 4 heteroatoms. The van der Waals surface area contributed by atoms with Crippen LogP contribution in [0, 0.1) is 0 Å². The molecule has 1 aliphatic heterocycles. The van der Waals surface area contributed by atoms with Crippen LogP contribution in [-0.2, 0) is 19.5 Å². The molecule has 0 spiro atoms. The molecule has 24 heavy (non-hydrogen) atoms. The SMILES string of the molecule is [HH].c1ccc(CCN2CCn3c(cnc3Nc3ccccc3)C2)cc1. The maximum absolute atomic E-state index is 4.57. The Labute approximate surface area is 144 Å². The molecule has 0 unspecified atom stereocenters. The highest BCUT2D eigenvalue weighted by molar-refractivity contribution is 5.53. The second-order valence-corrected chi connectivity index (χ2v) is 6.23. The van der Waals surface area contributed by atoms with Crippen LogP contribution in [0.2, 0.25) is 0 Å². The van der Waals surface area contributed by atoms with Gasteiger partial charge in [-0.1, -0.05) is 48.5 Å². The van der Waals surface area contributed by atoms with Crippen LogP contribution in [0.4, 0.5) is 11.6 Å². The fourth-order valence-electron chi connectivity index (χ4n) is 3.21. The van der Waals surface area contributed by atoms with Gasteiger partial charge in [0.1, 0.15) is 0 Å². The lowest BCUT2D eigenvalue weighted by molar-refractivity contribution is 0.225. The second-order valence-electron chi connectivity index (χ2n) is 6.23. The summed E-state index contributed by atoms with van der Waals surface area (Å²) < 4.78 is 2.30. The van der Waals surface area contributed by atoms with Crippen molar-refractivity contribution < 1.29 is 1.43 Å². The average molecular weight is 320 g/mol. The van der Waals surface area contributed by atoms with Gasteiger partial charge in [-0.25, -0.2) is 4.98 Å². The number of rotatable bonds is 5. The van der Waals surface area contributed by atoms with Crippen LogP contribution in [0.25, 0.3) is 0 Å². The molecule has 2 aromatic carbocycles. The van der Waals surface area contributed by atoms with Gasteiger partial charge in [0.25, 0.3) is 0 Å². The summed E-state index contributed by atoms with van der Waals surface area (Å²) in [5, 5.41) is 3.42. The van der Waals surface area contributed by atoms with Crippen molar-refractivity contribution in [2.75, 3.05) is 18.4 Å². The van der Waals surface area contributed by atoms with Crippen molar-refractivity contribution in [2.24, 2.45) is 0 Å². The molecule has 1 aliphatic rings. The van der Waals surface area contributed by atoms with Gasteiger partial charge in [-0.3, -0.25) is 4.90 Å². The van der Waals surface area contributed by atoms with E-state index in [4.69, 9.17) is 0 Å².